The van der Waals surface area contributed by atoms with Crippen molar-refractivity contribution in [3.8, 4) is 17.1 Å². The number of fused-ring (bicyclic) bond motifs is 2. The van der Waals surface area contributed by atoms with Crippen LogP contribution in [0, 0.1) is 0 Å². The SMILES string of the molecule is Cl.Cl.Cl.c1cc2cc(-c3ccc4c(n3)OCCNC4)ccc2[nH]1. The first-order valence-corrected chi connectivity index (χ1v) is 6.81. The number of halogens is 3. The molecule has 0 saturated carbocycles. The molecule has 3 heterocycles. The fourth-order valence-corrected chi connectivity index (χ4v) is 2.55. The molecule has 4 nitrogen and oxygen atoms in total. The second-order valence-electron chi connectivity index (χ2n) is 4.97. The summed E-state index contributed by atoms with van der Waals surface area (Å²) in [7, 11) is 0. The van der Waals surface area contributed by atoms with Gasteiger partial charge in [0, 0.05) is 41.3 Å². The lowest BCUT2D eigenvalue weighted by Crippen LogP contribution is -2.16. The number of aromatic amines is 1. The summed E-state index contributed by atoms with van der Waals surface area (Å²) < 4.78 is 5.70. The van der Waals surface area contributed by atoms with Crippen LogP contribution in [0.2, 0.25) is 0 Å². The van der Waals surface area contributed by atoms with E-state index in [1.807, 2.05) is 6.20 Å². The van der Waals surface area contributed by atoms with Crippen molar-refractivity contribution >= 4 is 48.1 Å². The van der Waals surface area contributed by atoms with Gasteiger partial charge in [-0.2, -0.15) is 0 Å². The Morgan fingerprint density at radius 1 is 1.00 bits per heavy atom. The maximum atomic E-state index is 5.70. The number of ether oxygens (including phenoxy) is 1. The number of nitrogens with one attached hydrogen (secondary N) is 2. The minimum atomic E-state index is 0. The van der Waals surface area contributed by atoms with E-state index in [1.54, 1.807) is 0 Å². The van der Waals surface area contributed by atoms with E-state index in [4.69, 9.17) is 4.74 Å². The monoisotopic (exact) mass is 373 g/mol. The van der Waals surface area contributed by atoms with Gasteiger partial charge >= 0.3 is 0 Å². The fourth-order valence-electron chi connectivity index (χ4n) is 2.55. The molecule has 0 unspecified atom stereocenters. The third-order valence-corrected chi connectivity index (χ3v) is 3.62. The molecule has 3 aromatic rings. The van der Waals surface area contributed by atoms with Crippen LogP contribution in [0.5, 0.6) is 5.88 Å². The maximum Gasteiger partial charge on any atom is 0.218 e. The Morgan fingerprint density at radius 2 is 1.87 bits per heavy atom. The van der Waals surface area contributed by atoms with Crippen molar-refractivity contribution in [2.45, 2.75) is 6.54 Å². The van der Waals surface area contributed by atoms with Crippen LogP contribution >= 0.6 is 37.2 Å². The Hall–Kier alpha value is -1.46. The van der Waals surface area contributed by atoms with Crippen molar-refractivity contribution in [3.05, 3.63) is 48.2 Å². The van der Waals surface area contributed by atoms with E-state index in [-0.39, 0.29) is 37.2 Å². The van der Waals surface area contributed by atoms with Crippen molar-refractivity contribution in [2.75, 3.05) is 13.2 Å². The number of hydrogen-bond donors (Lipinski definition) is 2. The zero-order valence-electron chi connectivity index (χ0n) is 12.2. The molecule has 1 aliphatic rings. The number of rotatable bonds is 1. The van der Waals surface area contributed by atoms with E-state index in [1.165, 1.54) is 5.39 Å². The summed E-state index contributed by atoms with van der Waals surface area (Å²) in [5, 5.41) is 4.51. The summed E-state index contributed by atoms with van der Waals surface area (Å²) in [6, 6.07) is 12.5. The second kappa shape index (κ2) is 8.41. The van der Waals surface area contributed by atoms with Gasteiger partial charge in [-0.05, 0) is 24.3 Å². The molecule has 0 radical (unpaired) electrons. The maximum absolute atomic E-state index is 5.70. The summed E-state index contributed by atoms with van der Waals surface area (Å²) in [5.74, 6) is 0.752. The largest absolute Gasteiger partial charge is 0.476 e. The van der Waals surface area contributed by atoms with Crippen molar-refractivity contribution in [3.63, 3.8) is 0 Å². The average Bonchev–Trinajstić information content (AvgIpc) is 2.83. The van der Waals surface area contributed by atoms with Gasteiger partial charge in [0.2, 0.25) is 5.88 Å². The quantitative estimate of drug-likeness (QED) is 0.677. The molecule has 0 aliphatic carbocycles. The number of benzene rings is 1. The first kappa shape index (κ1) is 19.6. The molecule has 0 saturated heterocycles. The van der Waals surface area contributed by atoms with Gasteiger partial charge in [0.25, 0.3) is 0 Å². The van der Waals surface area contributed by atoms with Crippen LogP contribution in [0.4, 0.5) is 0 Å². The van der Waals surface area contributed by atoms with Gasteiger partial charge in [-0.25, -0.2) is 4.98 Å². The highest BCUT2D eigenvalue weighted by Crippen LogP contribution is 2.26. The van der Waals surface area contributed by atoms with Crippen LogP contribution in [0.3, 0.4) is 0 Å². The highest BCUT2D eigenvalue weighted by molar-refractivity contribution is 5.86. The molecule has 1 aromatic carbocycles. The van der Waals surface area contributed by atoms with Crippen LogP contribution in [0.1, 0.15) is 5.56 Å². The molecule has 23 heavy (non-hydrogen) atoms. The normalized spacial score (nSPS) is 12.7. The minimum absolute atomic E-state index is 0. The van der Waals surface area contributed by atoms with Crippen molar-refractivity contribution in [2.24, 2.45) is 0 Å². The Balaban J connectivity index is 0.000000882. The Kier molecular flexibility index (Phi) is 7.16. The number of pyridine rings is 1. The average molecular weight is 375 g/mol. The van der Waals surface area contributed by atoms with E-state index in [9.17, 15) is 0 Å². The van der Waals surface area contributed by atoms with Crippen molar-refractivity contribution in [1.82, 2.24) is 15.3 Å². The van der Waals surface area contributed by atoms with E-state index in [0.29, 0.717) is 6.61 Å². The highest BCUT2D eigenvalue weighted by atomic mass is 35.5. The summed E-state index contributed by atoms with van der Waals surface area (Å²) in [4.78, 5) is 7.87. The van der Waals surface area contributed by atoms with Crippen LogP contribution in [0.15, 0.2) is 42.6 Å². The molecule has 1 aliphatic heterocycles. The van der Waals surface area contributed by atoms with Gasteiger partial charge in [0.1, 0.15) is 6.61 Å². The summed E-state index contributed by atoms with van der Waals surface area (Å²) in [6.07, 6.45) is 1.95. The molecule has 124 valence electrons. The summed E-state index contributed by atoms with van der Waals surface area (Å²) in [6.45, 7) is 2.35. The molecule has 0 amide bonds. The minimum Gasteiger partial charge on any atom is -0.476 e. The van der Waals surface area contributed by atoms with Crippen molar-refractivity contribution in [1.29, 1.82) is 0 Å². The summed E-state index contributed by atoms with van der Waals surface area (Å²) in [5.41, 5.74) is 4.33. The number of aromatic nitrogens is 2. The predicted molar refractivity (Wildman–Crippen MR) is 100 cm³/mol. The van der Waals surface area contributed by atoms with Crippen molar-refractivity contribution < 1.29 is 4.74 Å². The van der Waals surface area contributed by atoms with Gasteiger partial charge in [0.15, 0.2) is 0 Å². The smallest absolute Gasteiger partial charge is 0.218 e. The third-order valence-electron chi connectivity index (χ3n) is 3.62. The van der Waals surface area contributed by atoms with Crippen LogP contribution in [0.25, 0.3) is 22.2 Å². The van der Waals surface area contributed by atoms with Gasteiger partial charge < -0.3 is 15.0 Å². The van der Waals surface area contributed by atoms with E-state index in [0.717, 1.165) is 41.3 Å². The molecular weight excluding hydrogens is 357 g/mol. The van der Waals surface area contributed by atoms with E-state index >= 15 is 0 Å². The van der Waals surface area contributed by atoms with E-state index < -0.39 is 0 Å². The van der Waals surface area contributed by atoms with Gasteiger partial charge in [-0.15, -0.1) is 37.2 Å². The fraction of sp³-hybridized carbons (Fsp3) is 0.188. The molecule has 0 atom stereocenters. The van der Waals surface area contributed by atoms with E-state index in [2.05, 4.69) is 51.7 Å². The molecule has 2 aromatic heterocycles. The lowest BCUT2D eigenvalue weighted by Gasteiger charge is -2.08. The molecule has 0 spiro atoms. The van der Waals surface area contributed by atoms with Crippen LogP contribution in [-0.2, 0) is 6.54 Å². The lowest BCUT2D eigenvalue weighted by molar-refractivity contribution is 0.314. The first-order valence-electron chi connectivity index (χ1n) is 6.81. The van der Waals surface area contributed by atoms with Crippen LogP contribution in [-0.4, -0.2) is 23.1 Å². The molecule has 4 rings (SSSR count). The molecule has 7 heteroatoms. The molecule has 2 N–H and O–H groups in total. The second-order valence-corrected chi connectivity index (χ2v) is 4.97. The zero-order chi connectivity index (χ0) is 13.4. The standard InChI is InChI=1S/C16H15N3O.3ClH/c1-3-14-12(5-6-18-14)9-11(1)15-4-2-13-10-17-7-8-20-16(13)19-15;;;/h1-6,9,17-18H,7-8,10H2;3*1H. The first-order chi connectivity index (χ1) is 9.90. The van der Waals surface area contributed by atoms with Gasteiger partial charge in [-0.1, -0.05) is 12.1 Å². The number of nitrogens with zero attached hydrogens (tertiary/aromatic N) is 1. The van der Waals surface area contributed by atoms with Gasteiger partial charge in [-0.3, -0.25) is 0 Å². The summed E-state index contributed by atoms with van der Waals surface area (Å²) >= 11 is 0. The topological polar surface area (TPSA) is 49.9 Å². The number of hydrogen-bond acceptors (Lipinski definition) is 3. The molecule has 0 bridgehead atoms. The van der Waals surface area contributed by atoms with Gasteiger partial charge in [0.05, 0.1) is 5.69 Å². The Morgan fingerprint density at radius 3 is 2.74 bits per heavy atom. The lowest BCUT2D eigenvalue weighted by atomic mass is 10.1. The number of H-pyrrole nitrogens is 1. The zero-order valence-corrected chi connectivity index (χ0v) is 14.7. The molecular formula is C16H18Cl3N3O. The van der Waals surface area contributed by atoms with Crippen LogP contribution < -0.4 is 10.1 Å². The predicted octanol–water partition coefficient (Wildman–Crippen LogP) is 3.98. The highest BCUT2D eigenvalue weighted by Gasteiger charge is 2.11. The Labute approximate surface area is 153 Å². The third kappa shape index (κ3) is 3.90. The Bertz CT molecular complexity index is 776. The molecule has 0 fully saturated rings.